The van der Waals surface area contributed by atoms with Gasteiger partial charge in [-0.3, -0.25) is 0 Å². The number of rotatable bonds is 4. The highest BCUT2D eigenvalue weighted by Gasteiger charge is 2.14. The summed E-state index contributed by atoms with van der Waals surface area (Å²) >= 11 is 7.32. The van der Waals surface area contributed by atoms with Crippen molar-refractivity contribution in [1.82, 2.24) is 4.98 Å². The molecule has 0 fully saturated rings. The van der Waals surface area contributed by atoms with Gasteiger partial charge in [0.2, 0.25) is 0 Å². The fraction of sp³-hybridized carbons (Fsp3) is 0.167. The van der Waals surface area contributed by atoms with E-state index in [0.29, 0.717) is 10.7 Å². The molecule has 6 heteroatoms. The molecule has 0 aliphatic rings. The number of thiazole rings is 1. The summed E-state index contributed by atoms with van der Waals surface area (Å²) in [6.45, 7) is 1.93. The lowest BCUT2D eigenvalue weighted by Gasteiger charge is -2.15. The zero-order valence-corrected chi connectivity index (χ0v) is 11.1. The number of hydrogen-bond acceptors (Lipinski definition) is 4. The number of aromatic nitrogens is 1. The second-order valence-corrected chi connectivity index (χ2v) is 5.09. The van der Waals surface area contributed by atoms with E-state index in [4.69, 9.17) is 16.7 Å². The van der Waals surface area contributed by atoms with Crippen LogP contribution in [0.3, 0.4) is 0 Å². The number of benzene rings is 1. The Morgan fingerprint density at radius 3 is 2.94 bits per heavy atom. The van der Waals surface area contributed by atoms with Crippen LogP contribution in [0.15, 0.2) is 29.8 Å². The summed E-state index contributed by atoms with van der Waals surface area (Å²) in [4.78, 5) is 15.3. The lowest BCUT2D eigenvalue weighted by Crippen LogP contribution is -2.10. The average molecular weight is 283 g/mol. The van der Waals surface area contributed by atoms with E-state index < -0.39 is 5.97 Å². The second-order valence-electron chi connectivity index (χ2n) is 3.73. The standard InChI is InChI=1S/C12H11ClN2O2S/c1-7(11-14-4-5-18-11)15-10-3-2-8(13)6-9(10)12(16)17/h2-7,15H,1H3,(H,16,17). The van der Waals surface area contributed by atoms with Gasteiger partial charge in [0.1, 0.15) is 5.01 Å². The van der Waals surface area contributed by atoms with Crippen LogP contribution in [-0.2, 0) is 0 Å². The van der Waals surface area contributed by atoms with E-state index in [1.54, 1.807) is 18.3 Å². The highest BCUT2D eigenvalue weighted by atomic mass is 35.5. The molecule has 0 saturated heterocycles. The first-order valence-corrected chi connectivity index (χ1v) is 6.52. The first-order chi connectivity index (χ1) is 8.58. The van der Waals surface area contributed by atoms with Gasteiger partial charge in [-0.25, -0.2) is 9.78 Å². The molecular formula is C12H11ClN2O2S. The van der Waals surface area contributed by atoms with E-state index in [1.165, 1.54) is 17.4 Å². The number of carboxylic acids is 1. The lowest BCUT2D eigenvalue weighted by molar-refractivity contribution is 0.0698. The minimum atomic E-state index is -1.01. The summed E-state index contributed by atoms with van der Waals surface area (Å²) in [5.41, 5.74) is 0.695. The molecule has 1 unspecified atom stereocenters. The van der Waals surface area contributed by atoms with E-state index in [-0.39, 0.29) is 11.6 Å². The topological polar surface area (TPSA) is 62.2 Å². The van der Waals surface area contributed by atoms with Gasteiger partial charge < -0.3 is 10.4 Å². The number of anilines is 1. The zero-order chi connectivity index (χ0) is 13.1. The maximum Gasteiger partial charge on any atom is 0.337 e. The van der Waals surface area contributed by atoms with Crippen molar-refractivity contribution in [1.29, 1.82) is 0 Å². The van der Waals surface area contributed by atoms with Gasteiger partial charge in [-0.1, -0.05) is 11.6 Å². The van der Waals surface area contributed by atoms with Crippen LogP contribution in [0.25, 0.3) is 0 Å². The third kappa shape index (κ3) is 2.80. The minimum absolute atomic E-state index is 0.0516. The van der Waals surface area contributed by atoms with E-state index in [0.717, 1.165) is 5.01 Å². The number of hydrogen-bond donors (Lipinski definition) is 2. The zero-order valence-electron chi connectivity index (χ0n) is 9.55. The molecule has 0 bridgehead atoms. The monoisotopic (exact) mass is 282 g/mol. The van der Waals surface area contributed by atoms with Crippen LogP contribution in [-0.4, -0.2) is 16.1 Å². The summed E-state index contributed by atoms with van der Waals surface area (Å²) in [5, 5.41) is 15.4. The third-order valence-corrected chi connectivity index (χ3v) is 3.60. The van der Waals surface area contributed by atoms with E-state index in [9.17, 15) is 4.79 Å². The quantitative estimate of drug-likeness (QED) is 0.898. The fourth-order valence-corrected chi connectivity index (χ4v) is 2.38. The Labute approximate surface area is 113 Å². The van der Waals surface area contributed by atoms with Crippen LogP contribution in [0.4, 0.5) is 5.69 Å². The van der Waals surface area contributed by atoms with E-state index >= 15 is 0 Å². The van der Waals surface area contributed by atoms with Crippen LogP contribution in [0.1, 0.15) is 28.3 Å². The Morgan fingerprint density at radius 2 is 2.33 bits per heavy atom. The predicted octanol–water partition coefficient (Wildman–Crippen LogP) is 3.67. The summed E-state index contributed by atoms with van der Waals surface area (Å²) in [6, 6.07) is 4.70. The number of carbonyl (C=O) groups is 1. The third-order valence-electron chi connectivity index (χ3n) is 2.41. The molecule has 4 nitrogen and oxygen atoms in total. The first kappa shape index (κ1) is 12.9. The van der Waals surface area contributed by atoms with Crippen molar-refractivity contribution in [2.24, 2.45) is 0 Å². The molecule has 94 valence electrons. The van der Waals surface area contributed by atoms with Crippen LogP contribution < -0.4 is 5.32 Å². The Morgan fingerprint density at radius 1 is 1.56 bits per heavy atom. The first-order valence-electron chi connectivity index (χ1n) is 5.26. The van der Waals surface area contributed by atoms with Crippen LogP contribution in [0.5, 0.6) is 0 Å². The molecule has 2 rings (SSSR count). The van der Waals surface area contributed by atoms with Gasteiger partial charge >= 0.3 is 5.97 Å². The molecule has 0 aliphatic heterocycles. The van der Waals surface area contributed by atoms with Gasteiger partial charge in [-0.15, -0.1) is 11.3 Å². The molecule has 0 amide bonds. The van der Waals surface area contributed by atoms with Crippen molar-refractivity contribution >= 4 is 34.6 Å². The normalized spacial score (nSPS) is 12.1. The number of aromatic carboxylic acids is 1. The maximum atomic E-state index is 11.1. The van der Waals surface area contributed by atoms with Gasteiger partial charge in [0.25, 0.3) is 0 Å². The highest BCUT2D eigenvalue weighted by molar-refractivity contribution is 7.09. The molecule has 0 radical (unpaired) electrons. The van der Waals surface area contributed by atoms with E-state index in [1.807, 2.05) is 12.3 Å². The van der Waals surface area contributed by atoms with Crippen LogP contribution in [0.2, 0.25) is 5.02 Å². The lowest BCUT2D eigenvalue weighted by atomic mass is 10.1. The molecule has 1 heterocycles. The van der Waals surface area contributed by atoms with Crippen molar-refractivity contribution in [3.8, 4) is 0 Å². The second kappa shape index (κ2) is 5.37. The molecule has 1 aromatic carbocycles. The van der Waals surface area contributed by atoms with E-state index in [2.05, 4.69) is 10.3 Å². The Hall–Kier alpha value is -1.59. The maximum absolute atomic E-state index is 11.1. The van der Waals surface area contributed by atoms with Gasteiger partial charge in [0.15, 0.2) is 0 Å². The summed E-state index contributed by atoms with van der Waals surface area (Å²) < 4.78 is 0. The smallest absolute Gasteiger partial charge is 0.337 e. The van der Waals surface area contributed by atoms with Crippen molar-refractivity contribution < 1.29 is 9.90 Å². The molecule has 18 heavy (non-hydrogen) atoms. The van der Waals surface area contributed by atoms with Crippen molar-refractivity contribution in [2.75, 3.05) is 5.32 Å². The van der Waals surface area contributed by atoms with Crippen LogP contribution >= 0.6 is 22.9 Å². The average Bonchev–Trinajstić information content (AvgIpc) is 2.84. The van der Waals surface area contributed by atoms with Crippen molar-refractivity contribution in [3.05, 3.63) is 45.4 Å². The number of nitrogens with one attached hydrogen (secondary N) is 1. The molecule has 0 saturated carbocycles. The molecule has 2 aromatic rings. The number of carboxylic acid groups (broad SMARTS) is 1. The van der Waals surface area contributed by atoms with Gasteiger partial charge in [0, 0.05) is 22.3 Å². The van der Waals surface area contributed by atoms with Gasteiger partial charge in [0.05, 0.1) is 11.6 Å². The molecule has 0 aliphatic carbocycles. The SMILES string of the molecule is CC(Nc1ccc(Cl)cc1C(=O)O)c1nccs1. The summed E-state index contributed by atoms with van der Waals surface area (Å²) in [5.74, 6) is -1.01. The molecule has 0 spiro atoms. The van der Waals surface area contributed by atoms with Gasteiger partial charge in [-0.05, 0) is 25.1 Å². The van der Waals surface area contributed by atoms with Crippen molar-refractivity contribution in [2.45, 2.75) is 13.0 Å². The molecular weight excluding hydrogens is 272 g/mol. The number of halogens is 1. The highest BCUT2D eigenvalue weighted by Crippen LogP contribution is 2.26. The Kier molecular flexibility index (Phi) is 3.84. The predicted molar refractivity (Wildman–Crippen MR) is 72.6 cm³/mol. The largest absolute Gasteiger partial charge is 0.478 e. The summed E-state index contributed by atoms with van der Waals surface area (Å²) in [6.07, 6.45) is 1.72. The minimum Gasteiger partial charge on any atom is -0.478 e. The number of nitrogens with zero attached hydrogens (tertiary/aromatic N) is 1. The molecule has 2 N–H and O–H groups in total. The Balaban J connectivity index is 2.26. The summed E-state index contributed by atoms with van der Waals surface area (Å²) in [7, 11) is 0. The fourth-order valence-electron chi connectivity index (χ4n) is 1.56. The van der Waals surface area contributed by atoms with Crippen LogP contribution in [0, 0.1) is 0 Å². The molecule has 1 atom stereocenters. The Bertz CT molecular complexity index is 557. The van der Waals surface area contributed by atoms with Crippen molar-refractivity contribution in [3.63, 3.8) is 0 Å². The van der Waals surface area contributed by atoms with Gasteiger partial charge in [-0.2, -0.15) is 0 Å². The molecule has 1 aromatic heterocycles.